The minimum atomic E-state index is 0. The zero-order chi connectivity index (χ0) is 6.15. The molecule has 0 amide bonds. The molecule has 0 aliphatic heterocycles. The van der Waals surface area contributed by atoms with Gasteiger partial charge in [0.15, 0.2) is 0 Å². The van der Waals surface area contributed by atoms with Crippen LogP contribution in [0, 0.1) is 18.4 Å². The summed E-state index contributed by atoms with van der Waals surface area (Å²) in [6.07, 6.45) is 2.31. The maximum absolute atomic E-state index is 5.63. The largest absolute Gasteiger partial charge is 0.514 e. The van der Waals surface area contributed by atoms with Crippen LogP contribution in [0.2, 0.25) is 0 Å². The molecule has 1 fully saturated rings. The molecule has 0 aromatic carbocycles. The van der Waals surface area contributed by atoms with E-state index in [1.165, 1.54) is 5.57 Å². The molecule has 0 nitrogen and oxygen atoms in total. The van der Waals surface area contributed by atoms with Gasteiger partial charge in [-0.05, 0) is 11.8 Å². The average molecular weight is 5730 g/mol. The van der Waals surface area contributed by atoms with E-state index >= 15 is 0 Å². The van der Waals surface area contributed by atoms with Crippen LogP contribution in [0.5, 0.6) is 0 Å². The van der Waals surface area contributed by atoms with Crippen LogP contribution in [0.3, 0.4) is 0 Å². The third-order valence-electron chi connectivity index (χ3n) is 2.14. The molecule has 63 radical (unpaired) electrons. The Bertz CT molecular complexity index is 130. The van der Waals surface area contributed by atoms with Crippen LogP contribution in [0.15, 0.2) is 5.57 Å². The number of allylic oxidation sites excluding steroid dienone is 1. The molecule has 0 aromatic heterocycles. The fraction of sp³-hybridized carbons (Fsp3) is 0.778. The van der Waals surface area contributed by atoms with Gasteiger partial charge in [-0.25, -0.2) is 0 Å². The van der Waals surface area contributed by atoms with Gasteiger partial charge in [0.05, 0.1) is 0 Å². The first-order valence-corrected chi connectivity index (χ1v) is 3.30. The van der Waals surface area contributed by atoms with E-state index in [9.17, 15) is 0 Å². The molecular weight excluding hydrogens is 5710 g/mol. The van der Waals surface area contributed by atoms with Crippen molar-refractivity contribution in [2.75, 3.05) is 0 Å². The summed E-state index contributed by atoms with van der Waals surface area (Å²) in [6.45, 7) is 10.2. The maximum atomic E-state index is 5.63. The molecule has 0 aromatic rings. The first-order chi connectivity index (χ1) is 3.70. The van der Waals surface area contributed by atoms with Gasteiger partial charge >= 0.3 is 0 Å². The first kappa shape index (κ1) is 466. The molecule has 2 atom stereocenters. The van der Waals surface area contributed by atoms with Crippen molar-refractivity contribution in [3.63, 3.8) is 0 Å². The van der Waals surface area contributed by atoms with E-state index in [4.69, 9.17) is 6.58 Å². The second-order valence-corrected chi connectivity index (χ2v) is 3.02. The summed E-state index contributed by atoms with van der Waals surface area (Å²) in [5.41, 5.74) is 1.20. The van der Waals surface area contributed by atoms with Gasteiger partial charge in [0.2, 0.25) is 0 Å². The van der Waals surface area contributed by atoms with E-state index in [-0.39, 0.29) is 2070 Å². The van der Waals surface area contributed by atoms with Gasteiger partial charge < -0.3 is 6.58 Å². The van der Waals surface area contributed by atoms with Crippen LogP contribution < -0.4 is 0 Å². The topological polar surface area (TPSA) is 0 Å². The second kappa shape index (κ2) is 422. The molecule has 2 unspecified atom stereocenters. The van der Waals surface area contributed by atoms with Crippen LogP contribution in [0.25, 0.3) is 0 Å². The average Bonchev–Trinajstić information content (AvgIpc) is 1.85. The Morgan fingerprint density at radius 3 is 0.222 bits per heavy atom. The fourth-order valence-electron chi connectivity index (χ4n) is 1.31. The van der Waals surface area contributed by atoms with Crippen LogP contribution in [0.4, 0.5) is 0 Å². The maximum Gasteiger partial charge on any atom is 0 e. The minimum Gasteiger partial charge on any atom is -0.514 e. The van der Waals surface area contributed by atoms with Crippen molar-refractivity contribution in [1.29, 1.82) is 0 Å². The van der Waals surface area contributed by atoms with Gasteiger partial charge in [-0.1, -0.05) is 34.1 Å². The Hall–Kier alpha value is 69.3. The molecule has 0 saturated heterocycles. The van der Waals surface area contributed by atoms with E-state index in [0.717, 1.165) is 24.7 Å². The minimum absolute atomic E-state index is 0. The van der Waals surface area contributed by atoms with Gasteiger partial charge in [0.1, 0.15) is 0 Å². The van der Waals surface area contributed by atoms with E-state index < -0.39 is 0 Å². The molecule has 63 heteroatoms. The Morgan fingerprint density at radius 1 is 0.167 bits per heavy atom. The summed E-state index contributed by atoms with van der Waals surface area (Å²) >= 11 is 0. The van der Waals surface area contributed by atoms with Crippen molar-refractivity contribution in [3.05, 3.63) is 12.2 Å². The first-order valence-electron chi connectivity index (χ1n) is 3.30. The van der Waals surface area contributed by atoms with E-state index in [1.807, 2.05) is 0 Å². The summed E-state index contributed by atoms with van der Waals surface area (Å²) < 4.78 is 0. The molecule has 0 spiro atoms. The Kier molecular flexibility index (Phi) is 2730. The van der Waals surface area contributed by atoms with E-state index in [0.29, 0.717) is 0 Å². The molecule has 1 rings (SSSR count). The quantitative estimate of drug-likeness (QED) is 0.328. The van der Waals surface area contributed by atoms with Gasteiger partial charge in [-0.2, -0.15) is 0 Å². The smallest absolute Gasteiger partial charge is 0 e. The Morgan fingerprint density at radius 2 is 0.208 bits per heavy atom. The fourth-order valence-corrected chi connectivity index (χ4v) is 1.31. The predicted octanol–water partition coefficient (Wildman–Crippen LogP) is 2.89. The Balaban J connectivity index is -0.000000000161. The van der Waals surface area contributed by atoms with Crippen molar-refractivity contribution in [1.82, 2.24) is 0 Å². The van der Waals surface area contributed by atoms with Crippen molar-refractivity contribution in [2.24, 2.45) is 11.8 Å². The van der Waals surface area contributed by atoms with Crippen LogP contribution in [0.1, 0.15) is 34.1 Å². The van der Waals surface area contributed by atoms with Crippen molar-refractivity contribution in [2.45, 2.75) is 34.1 Å². The molecule has 0 heterocycles. The third kappa shape index (κ3) is 403. The van der Waals surface area contributed by atoms with Crippen molar-refractivity contribution in [3.8, 4) is 0 Å². The summed E-state index contributed by atoms with van der Waals surface area (Å²) in [7, 11) is 0. The summed E-state index contributed by atoms with van der Waals surface area (Å²) in [5.74, 6) is 1.66. The SMILES string of the molecule is C.[CH-]=C1CC(C)C(C)C1.[Y].[Y].[Y].[Y].[Y].[Y].[Y].[Y].[Y].[Y].[Y].[Y].[Y].[Y].[Y].[Y].[Y].[Y].[Y].[Y].[Y].[Y].[Y].[Y].[Y].[Y].[Y].[Y].[Y].[Y].[Y].[Y].[Y].[Y].[Y].[Y].[Y].[Y].[Y].[Y].[Y].[Y].[Y].[Y].[Y].[Y].[Y].[Y].[Y].[Y].[Y].[Y].[Y].[Y].[Y].[Y].[Y].[Y].[Y].[Y].[Y].[Y].[Y]. The van der Waals surface area contributed by atoms with Crippen LogP contribution in [-0.4, -0.2) is 0 Å². The number of rotatable bonds is 0. The van der Waals surface area contributed by atoms with Gasteiger partial charge in [0.25, 0.3) is 0 Å². The molecule has 0 N–H and O–H groups in total. The van der Waals surface area contributed by atoms with Gasteiger partial charge in [-0.3, -0.25) is 5.57 Å². The van der Waals surface area contributed by atoms with Crippen LogP contribution in [-0.2, 0) is 2060 Å². The molecule has 243 valence electrons. The molecule has 72 heavy (non-hydrogen) atoms. The normalized spacial score (nSPS) is 4.28. The Labute approximate surface area is 2040 Å². The molecule has 1 saturated carbocycles. The van der Waals surface area contributed by atoms with Crippen molar-refractivity contribution >= 4 is 0 Å². The summed E-state index contributed by atoms with van der Waals surface area (Å²) in [6, 6.07) is 0. The molecular formula is C9H17Y63-. The molecule has 1 aliphatic rings. The monoisotopic (exact) mass is 5730 g/mol. The predicted molar refractivity (Wildman–Crippen MR) is 42.1 cm³/mol. The standard InChI is InChI=1S/C8H13.CH4.63Y/c1-6-4-7(2)8(3)5-6;;;;;;;;;;;;;;;;;;;;;;;;;;;;;;;;;;;;;;;;;;;;;;;;;;;;;;;;;;;;;;;;/h1,7-8H,4-5H2,2-3H3;1H4;;;;;;;;;;;;;;;;;;;;;;;;;;;;;;;;;;;;;;;;;;;;;;;;;;;;;;;;;;;;;;;/q-1;;;;;;;;;;;;;;;;;;;;;;;;;;;;;;;;;;;;;;;;;;;;;;;;;;;;;;;;;;;;;;;;. The van der Waals surface area contributed by atoms with Gasteiger partial charge in [-0.15, -0.1) is 0 Å². The zero-order valence-corrected chi connectivity index (χ0v) is 221. The van der Waals surface area contributed by atoms with E-state index in [2.05, 4.69) is 13.8 Å². The van der Waals surface area contributed by atoms with Crippen molar-refractivity contribution < 1.29 is 2060 Å². The zero-order valence-electron chi connectivity index (χ0n) is 42.0. The summed E-state index contributed by atoms with van der Waals surface area (Å²) in [4.78, 5) is 0. The molecule has 1 aliphatic carbocycles. The summed E-state index contributed by atoms with van der Waals surface area (Å²) in [5, 5.41) is 0. The molecule has 0 bridgehead atoms. The third-order valence-corrected chi connectivity index (χ3v) is 2.14. The van der Waals surface area contributed by atoms with Gasteiger partial charge in [0, 0.05) is 2060 Å². The second-order valence-electron chi connectivity index (χ2n) is 3.02. The number of hydrogen-bond donors (Lipinski definition) is 0. The van der Waals surface area contributed by atoms with Crippen LogP contribution >= 0.6 is 0 Å². The van der Waals surface area contributed by atoms with E-state index in [1.54, 1.807) is 0 Å². The number of hydrogen-bond acceptors (Lipinski definition) is 0.